The minimum atomic E-state index is -0.543. The van der Waals surface area contributed by atoms with Gasteiger partial charge in [-0.1, -0.05) is 17.3 Å². The fourth-order valence-corrected chi connectivity index (χ4v) is 3.05. The average Bonchev–Trinajstić information content (AvgIpc) is 3.22. The van der Waals surface area contributed by atoms with E-state index >= 15 is 0 Å². The molecule has 0 amide bonds. The van der Waals surface area contributed by atoms with E-state index in [0.29, 0.717) is 29.3 Å². The van der Waals surface area contributed by atoms with Crippen LogP contribution in [0, 0.1) is 20.8 Å². The minimum absolute atomic E-state index is 0.274. The van der Waals surface area contributed by atoms with Crippen LogP contribution in [0.4, 0.5) is 0 Å². The molecule has 0 fully saturated rings. The van der Waals surface area contributed by atoms with Crippen LogP contribution in [0.25, 0.3) is 5.82 Å². The molecule has 0 saturated carbocycles. The van der Waals surface area contributed by atoms with Crippen molar-refractivity contribution in [2.75, 3.05) is 13.7 Å². The summed E-state index contributed by atoms with van der Waals surface area (Å²) in [6, 6.07) is 10.4. The molecule has 0 spiro atoms. The standard InChI is InChI=1S/C21H22N2O5/c1-13-9-18(15(3)23(13)20-10-14(2)28-22-20)19(24)12-27-21(25)17-7-5-16(6-8-17)11-26-4/h5-10H,11-12H2,1-4H3. The zero-order valence-electron chi connectivity index (χ0n) is 16.3. The normalized spacial score (nSPS) is 10.9. The molecule has 0 aliphatic heterocycles. The fraction of sp³-hybridized carbons (Fsp3) is 0.286. The van der Waals surface area contributed by atoms with Crippen molar-refractivity contribution in [2.45, 2.75) is 27.4 Å². The van der Waals surface area contributed by atoms with Gasteiger partial charge in [-0.05, 0) is 44.5 Å². The van der Waals surface area contributed by atoms with E-state index in [1.54, 1.807) is 50.4 Å². The number of ether oxygens (including phenoxy) is 2. The lowest BCUT2D eigenvalue weighted by molar-refractivity contribution is 0.0474. The first kappa shape index (κ1) is 19.6. The maximum absolute atomic E-state index is 12.6. The summed E-state index contributed by atoms with van der Waals surface area (Å²) < 4.78 is 17.2. The second-order valence-electron chi connectivity index (χ2n) is 6.55. The molecule has 0 aliphatic carbocycles. The predicted molar refractivity (Wildman–Crippen MR) is 102 cm³/mol. The molecule has 0 bridgehead atoms. The Morgan fingerprint density at radius 1 is 1.11 bits per heavy atom. The lowest BCUT2D eigenvalue weighted by Crippen LogP contribution is -2.15. The number of carbonyl (C=O) groups is 2. The van der Waals surface area contributed by atoms with E-state index in [0.717, 1.165) is 17.0 Å². The molecule has 2 heterocycles. The molecule has 3 aromatic rings. The van der Waals surface area contributed by atoms with Crippen LogP contribution in [0.15, 0.2) is 40.9 Å². The third-order valence-electron chi connectivity index (χ3n) is 4.41. The van der Waals surface area contributed by atoms with Gasteiger partial charge >= 0.3 is 5.97 Å². The first-order valence-corrected chi connectivity index (χ1v) is 8.81. The molecule has 0 radical (unpaired) electrons. The highest BCUT2D eigenvalue weighted by molar-refractivity contribution is 6.00. The van der Waals surface area contributed by atoms with Gasteiger partial charge < -0.3 is 14.0 Å². The molecule has 2 aromatic heterocycles. The maximum atomic E-state index is 12.6. The molecule has 7 heteroatoms. The van der Waals surface area contributed by atoms with Crippen molar-refractivity contribution in [1.82, 2.24) is 9.72 Å². The molecule has 0 aliphatic rings. The summed E-state index contributed by atoms with van der Waals surface area (Å²) in [5, 5.41) is 4.00. The largest absolute Gasteiger partial charge is 0.454 e. The van der Waals surface area contributed by atoms with Gasteiger partial charge in [0.1, 0.15) is 5.76 Å². The Morgan fingerprint density at radius 3 is 2.43 bits per heavy atom. The van der Waals surface area contributed by atoms with Crippen LogP contribution < -0.4 is 0 Å². The number of esters is 1. The summed E-state index contributed by atoms with van der Waals surface area (Å²) in [4.78, 5) is 24.8. The zero-order valence-corrected chi connectivity index (χ0v) is 16.3. The number of carbonyl (C=O) groups excluding carboxylic acids is 2. The van der Waals surface area contributed by atoms with E-state index in [-0.39, 0.29) is 12.4 Å². The van der Waals surface area contributed by atoms with Gasteiger partial charge in [-0.15, -0.1) is 0 Å². The van der Waals surface area contributed by atoms with Gasteiger partial charge in [0.25, 0.3) is 0 Å². The van der Waals surface area contributed by atoms with Crippen LogP contribution in [-0.4, -0.2) is 35.2 Å². The summed E-state index contributed by atoms with van der Waals surface area (Å²) in [6.45, 7) is 5.63. The summed E-state index contributed by atoms with van der Waals surface area (Å²) in [6.07, 6.45) is 0. The van der Waals surface area contributed by atoms with E-state index in [1.165, 1.54) is 0 Å². The topological polar surface area (TPSA) is 83.6 Å². The molecule has 1 aromatic carbocycles. The van der Waals surface area contributed by atoms with Crippen molar-refractivity contribution < 1.29 is 23.6 Å². The van der Waals surface area contributed by atoms with Gasteiger partial charge in [0.2, 0.25) is 5.78 Å². The Morgan fingerprint density at radius 2 is 1.82 bits per heavy atom. The van der Waals surface area contributed by atoms with Crippen molar-refractivity contribution in [1.29, 1.82) is 0 Å². The summed E-state index contributed by atoms with van der Waals surface area (Å²) in [7, 11) is 1.61. The Kier molecular flexibility index (Phi) is 5.75. The third kappa shape index (κ3) is 4.04. The highest BCUT2D eigenvalue weighted by Crippen LogP contribution is 2.21. The van der Waals surface area contributed by atoms with Crippen molar-refractivity contribution >= 4 is 11.8 Å². The van der Waals surface area contributed by atoms with E-state index in [2.05, 4.69) is 5.16 Å². The highest BCUT2D eigenvalue weighted by atomic mass is 16.5. The maximum Gasteiger partial charge on any atom is 0.338 e. The van der Waals surface area contributed by atoms with Crippen molar-refractivity contribution in [2.24, 2.45) is 0 Å². The molecule has 0 saturated heterocycles. The van der Waals surface area contributed by atoms with Gasteiger partial charge in [-0.2, -0.15) is 0 Å². The van der Waals surface area contributed by atoms with Crippen molar-refractivity contribution in [3.05, 3.63) is 70.2 Å². The summed E-state index contributed by atoms with van der Waals surface area (Å²) >= 11 is 0. The number of aromatic nitrogens is 2. The number of aryl methyl sites for hydroxylation is 2. The van der Waals surface area contributed by atoms with Gasteiger partial charge in [0.15, 0.2) is 12.4 Å². The van der Waals surface area contributed by atoms with Crippen LogP contribution in [0.1, 0.15) is 43.4 Å². The number of ketones is 1. The first-order chi connectivity index (χ1) is 13.4. The Bertz CT molecular complexity index is 998. The van der Waals surface area contributed by atoms with Crippen LogP contribution in [-0.2, 0) is 16.1 Å². The van der Waals surface area contributed by atoms with Gasteiger partial charge in [-0.3, -0.25) is 9.36 Å². The molecule has 3 rings (SSSR count). The molecular weight excluding hydrogens is 360 g/mol. The molecule has 0 atom stereocenters. The van der Waals surface area contributed by atoms with E-state index < -0.39 is 5.97 Å². The lowest BCUT2D eigenvalue weighted by Gasteiger charge is -2.07. The highest BCUT2D eigenvalue weighted by Gasteiger charge is 2.20. The van der Waals surface area contributed by atoms with Gasteiger partial charge in [-0.25, -0.2) is 4.79 Å². The molecule has 28 heavy (non-hydrogen) atoms. The fourth-order valence-electron chi connectivity index (χ4n) is 3.05. The molecule has 7 nitrogen and oxygen atoms in total. The van der Waals surface area contributed by atoms with Gasteiger partial charge in [0.05, 0.1) is 12.2 Å². The summed E-state index contributed by atoms with van der Waals surface area (Å²) in [5.41, 5.74) is 3.38. The van der Waals surface area contributed by atoms with E-state index in [9.17, 15) is 9.59 Å². The second kappa shape index (κ2) is 8.22. The molecule has 0 unspecified atom stereocenters. The van der Waals surface area contributed by atoms with E-state index in [1.807, 2.05) is 18.4 Å². The Labute approximate surface area is 162 Å². The van der Waals surface area contributed by atoms with Crippen LogP contribution >= 0.6 is 0 Å². The number of methoxy groups -OCH3 is 1. The second-order valence-corrected chi connectivity index (χ2v) is 6.55. The van der Waals surface area contributed by atoms with E-state index in [4.69, 9.17) is 14.0 Å². The van der Waals surface area contributed by atoms with Crippen molar-refractivity contribution in [3.8, 4) is 5.82 Å². The molecule has 146 valence electrons. The quantitative estimate of drug-likeness (QED) is 0.459. The van der Waals surface area contributed by atoms with Crippen LogP contribution in [0.2, 0.25) is 0 Å². The zero-order chi connectivity index (χ0) is 20.3. The SMILES string of the molecule is COCc1ccc(C(=O)OCC(=O)c2cc(C)n(-c3cc(C)on3)c2C)cc1. The first-order valence-electron chi connectivity index (χ1n) is 8.81. The number of Topliss-reactive ketones (excluding diaryl/α,β-unsaturated/α-hetero) is 1. The number of nitrogens with zero attached hydrogens (tertiary/aromatic N) is 2. The molecule has 0 N–H and O–H groups in total. The molecular formula is C21H22N2O5. The minimum Gasteiger partial charge on any atom is -0.454 e. The predicted octanol–water partition coefficient (Wildman–Crippen LogP) is 3.58. The average molecular weight is 382 g/mol. The number of hydrogen-bond acceptors (Lipinski definition) is 6. The van der Waals surface area contributed by atoms with Crippen LogP contribution in [0.5, 0.6) is 0 Å². The van der Waals surface area contributed by atoms with Crippen LogP contribution in [0.3, 0.4) is 0 Å². The monoisotopic (exact) mass is 382 g/mol. The Balaban J connectivity index is 1.69. The van der Waals surface area contributed by atoms with Crippen molar-refractivity contribution in [3.63, 3.8) is 0 Å². The lowest BCUT2D eigenvalue weighted by atomic mass is 10.1. The number of benzene rings is 1. The third-order valence-corrected chi connectivity index (χ3v) is 4.41. The Hall–Kier alpha value is -3.19. The summed E-state index contributed by atoms with van der Waals surface area (Å²) in [5.74, 6) is 0.475. The number of rotatable bonds is 7. The smallest absolute Gasteiger partial charge is 0.338 e. The number of hydrogen-bond donors (Lipinski definition) is 0. The van der Waals surface area contributed by atoms with Gasteiger partial charge in [0, 0.05) is 30.1 Å².